The van der Waals surface area contributed by atoms with Crippen molar-refractivity contribution in [1.29, 1.82) is 0 Å². The van der Waals surface area contributed by atoms with Crippen molar-refractivity contribution in [2.24, 2.45) is 0 Å². The minimum Gasteiger partial charge on any atom is -0.385 e. The molecule has 146 valence electrons. The van der Waals surface area contributed by atoms with E-state index in [-0.39, 0.29) is 4.75 Å². The van der Waals surface area contributed by atoms with Crippen molar-refractivity contribution in [3.63, 3.8) is 0 Å². The fraction of sp³-hybridized carbons (Fsp3) is 0.500. The smallest absolute Gasteiger partial charge is 0.0923 e. The minimum atomic E-state index is -0.706. The Hall–Kier alpha value is -1.29. The number of rotatable bonds is 5. The quantitative estimate of drug-likeness (QED) is 0.710. The first-order chi connectivity index (χ1) is 12.8. The second kappa shape index (κ2) is 8.38. The van der Waals surface area contributed by atoms with Gasteiger partial charge in [-0.15, -0.1) is 0 Å². The first kappa shape index (κ1) is 20.4. The third-order valence-electron chi connectivity index (χ3n) is 5.63. The largest absolute Gasteiger partial charge is 0.385 e. The number of benzene rings is 2. The van der Waals surface area contributed by atoms with Crippen molar-refractivity contribution in [2.45, 2.75) is 62.7 Å². The molecule has 0 amide bonds. The SMILES string of the molecule is CC(c1ccccc1)N1CCC(O)(c2ccccc2CSC(C)(C)C)CC1. The molecular weight excluding hydrogens is 350 g/mol. The van der Waals surface area contributed by atoms with Gasteiger partial charge in [-0.25, -0.2) is 0 Å². The molecule has 3 rings (SSSR count). The zero-order valence-electron chi connectivity index (χ0n) is 17.1. The van der Waals surface area contributed by atoms with Crippen molar-refractivity contribution >= 4 is 11.8 Å². The predicted molar refractivity (Wildman–Crippen MR) is 117 cm³/mol. The molecule has 1 heterocycles. The van der Waals surface area contributed by atoms with Crippen molar-refractivity contribution in [1.82, 2.24) is 4.90 Å². The summed E-state index contributed by atoms with van der Waals surface area (Å²) in [4.78, 5) is 2.50. The van der Waals surface area contributed by atoms with E-state index in [9.17, 15) is 5.11 Å². The van der Waals surface area contributed by atoms with Crippen LogP contribution in [-0.4, -0.2) is 27.8 Å². The van der Waals surface area contributed by atoms with Crippen LogP contribution in [0.3, 0.4) is 0 Å². The van der Waals surface area contributed by atoms with Crippen LogP contribution < -0.4 is 0 Å². The van der Waals surface area contributed by atoms with Gasteiger partial charge in [0.05, 0.1) is 5.60 Å². The highest BCUT2D eigenvalue weighted by Crippen LogP contribution is 2.39. The molecule has 0 aromatic heterocycles. The van der Waals surface area contributed by atoms with Gasteiger partial charge in [-0.1, -0.05) is 75.4 Å². The van der Waals surface area contributed by atoms with Crippen molar-refractivity contribution in [3.8, 4) is 0 Å². The van der Waals surface area contributed by atoms with E-state index < -0.39 is 5.60 Å². The van der Waals surface area contributed by atoms with Gasteiger partial charge >= 0.3 is 0 Å². The summed E-state index contributed by atoms with van der Waals surface area (Å²) in [6.07, 6.45) is 1.59. The highest BCUT2D eigenvalue weighted by Gasteiger charge is 2.36. The zero-order valence-corrected chi connectivity index (χ0v) is 17.9. The molecule has 1 unspecified atom stereocenters. The molecule has 0 saturated carbocycles. The molecule has 0 bridgehead atoms. The standard InChI is InChI=1S/C24H33NOS/c1-19(20-10-6-5-7-11-20)25-16-14-24(26,15-17-25)22-13-9-8-12-21(22)18-27-23(2,3)4/h5-13,19,26H,14-18H2,1-4H3. The number of hydrogen-bond acceptors (Lipinski definition) is 3. The average molecular weight is 384 g/mol. The molecule has 1 aliphatic heterocycles. The summed E-state index contributed by atoms with van der Waals surface area (Å²) in [5.41, 5.74) is 3.06. The predicted octanol–water partition coefficient (Wildman–Crippen LogP) is 5.76. The lowest BCUT2D eigenvalue weighted by atomic mass is 9.81. The van der Waals surface area contributed by atoms with Crippen LogP contribution in [0, 0.1) is 0 Å². The van der Waals surface area contributed by atoms with Crippen molar-refractivity contribution < 1.29 is 5.11 Å². The second-order valence-corrected chi connectivity index (χ2v) is 10.5. The van der Waals surface area contributed by atoms with Crippen LogP contribution in [0.2, 0.25) is 0 Å². The van der Waals surface area contributed by atoms with Gasteiger partial charge in [0.2, 0.25) is 0 Å². The molecule has 1 saturated heterocycles. The van der Waals surface area contributed by atoms with Crippen LogP contribution >= 0.6 is 11.8 Å². The summed E-state index contributed by atoms with van der Waals surface area (Å²) in [5, 5.41) is 11.5. The van der Waals surface area contributed by atoms with Gasteiger partial charge in [0.1, 0.15) is 0 Å². The Kier molecular flexibility index (Phi) is 6.35. The molecule has 1 fully saturated rings. The molecule has 2 aromatic rings. The fourth-order valence-electron chi connectivity index (χ4n) is 3.89. The van der Waals surface area contributed by atoms with Crippen LogP contribution in [0.25, 0.3) is 0 Å². The molecule has 27 heavy (non-hydrogen) atoms. The summed E-state index contributed by atoms with van der Waals surface area (Å²) in [6, 6.07) is 19.6. The van der Waals surface area contributed by atoms with Gasteiger partial charge in [0.15, 0.2) is 0 Å². The third kappa shape index (κ3) is 5.16. The first-order valence-electron chi connectivity index (χ1n) is 10.0. The average Bonchev–Trinajstić information content (AvgIpc) is 2.67. The van der Waals surface area contributed by atoms with Gasteiger partial charge in [-0.3, -0.25) is 4.90 Å². The Bertz CT molecular complexity index is 730. The maximum absolute atomic E-state index is 11.5. The normalized spacial score (nSPS) is 19.0. The molecule has 1 atom stereocenters. The molecule has 0 radical (unpaired) electrons. The monoisotopic (exact) mass is 383 g/mol. The summed E-state index contributed by atoms with van der Waals surface area (Å²) in [6.45, 7) is 10.9. The number of thioether (sulfide) groups is 1. The van der Waals surface area contributed by atoms with Gasteiger partial charge in [-0.2, -0.15) is 11.8 Å². The number of likely N-dealkylation sites (tertiary alicyclic amines) is 1. The first-order valence-corrected chi connectivity index (χ1v) is 11.0. The van der Waals surface area contributed by atoms with Crippen molar-refractivity contribution in [2.75, 3.05) is 13.1 Å². The number of aliphatic hydroxyl groups is 1. The molecule has 1 N–H and O–H groups in total. The van der Waals surface area contributed by atoms with E-state index in [0.717, 1.165) is 37.2 Å². The van der Waals surface area contributed by atoms with Crippen LogP contribution in [0.15, 0.2) is 54.6 Å². The molecule has 0 spiro atoms. The summed E-state index contributed by atoms with van der Waals surface area (Å²) >= 11 is 1.94. The number of nitrogens with zero attached hydrogens (tertiary/aromatic N) is 1. The van der Waals surface area contributed by atoms with Gasteiger partial charge < -0.3 is 5.11 Å². The third-order valence-corrected chi connectivity index (χ3v) is 6.96. The highest BCUT2D eigenvalue weighted by atomic mass is 32.2. The Balaban J connectivity index is 1.71. The van der Waals surface area contributed by atoms with E-state index in [1.54, 1.807) is 0 Å². The lowest BCUT2D eigenvalue weighted by Crippen LogP contribution is -2.43. The Morgan fingerprint density at radius 3 is 2.22 bits per heavy atom. The molecular formula is C24H33NOS. The number of piperidine rings is 1. The van der Waals surface area contributed by atoms with E-state index in [1.165, 1.54) is 11.1 Å². The van der Waals surface area contributed by atoms with Crippen LogP contribution in [0.4, 0.5) is 0 Å². The lowest BCUT2D eigenvalue weighted by molar-refractivity contribution is -0.0348. The lowest BCUT2D eigenvalue weighted by Gasteiger charge is -2.42. The molecule has 3 heteroatoms. The van der Waals surface area contributed by atoms with E-state index in [4.69, 9.17) is 0 Å². The van der Waals surface area contributed by atoms with E-state index in [1.807, 2.05) is 11.8 Å². The van der Waals surface area contributed by atoms with Crippen LogP contribution in [0.5, 0.6) is 0 Å². The number of hydrogen-bond donors (Lipinski definition) is 1. The van der Waals surface area contributed by atoms with Crippen molar-refractivity contribution in [3.05, 3.63) is 71.3 Å². The Morgan fingerprint density at radius 2 is 1.59 bits per heavy atom. The van der Waals surface area contributed by atoms with Crippen LogP contribution in [0.1, 0.15) is 63.3 Å². The highest BCUT2D eigenvalue weighted by molar-refractivity contribution is 7.99. The molecule has 2 aromatic carbocycles. The van der Waals surface area contributed by atoms with E-state index in [2.05, 4.69) is 87.2 Å². The van der Waals surface area contributed by atoms with Gasteiger partial charge in [0, 0.05) is 29.6 Å². The zero-order chi connectivity index (χ0) is 19.5. The summed E-state index contributed by atoms with van der Waals surface area (Å²) in [7, 11) is 0. The van der Waals surface area contributed by atoms with E-state index in [0.29, 0.717) is 6.04 Å². The minimum absolute atomic E-state index is 0.226. The van der Waals surface area contributed by atoms with Gasteiger partial charge in [-0.05, 0) is 36.5 Å². The molecule has 2 nitrogen and oxygen atoms in total. The fourth-order valence-corrected chi connectivity index (χ4v) is 4.73. The Labute approximate surface area is 169 Å². The topological polar surface area (TPSA) is 23.5 Å². The van der Waals surface area contributed by atoms with E-state index >= 15 is 0 Å². The van der Waals surface area contributed by atoms with Crippen LogP contribution in [-0.2, 0) is 11.4 Å². The maximum atomic E-state index is 11.5. The van der Waals surface area contributed by atoms with Gasteiger partial charge in [0.25, 0.3) is 0 Å². The molecule has 0 aliphatic carbocycles. The molecule has 1 aliphatic rings. The maximum Gasteiger partial charge on any atom is 0.0923 e. The summed E-state index contributed by atoms with van der Waals surface area (Å²) in [5.74, 6) is 0.951. The summed E-state index contributed by atoms with van der Waals surface area (Å²) < 4.78 is 0.226. The second-order valence-electron chi connectivity index (χ2n) is 8.71. The Morgan fingerprint density at radius 1 is 1.00 bits per heavy atom.